The lowest BCUT2D eigenvalue weighted by atomic mass is 9.86. The van der Waals surface area contributed by atoms with Crippen molar-refractivity contribution in [2.45, 2.75) is 36.9 Å². The Morgan fingerprint density at radius 1 is 1.16 bits per heavy atom. The van der Waals surface area contributed by atoms with E-state index < -0.39 is 43.0 Å². The van der Waals surface area contributed by atoms with Crippen molar-refractivity contribution in [1.82, 2.24) is 0 Å². The average molecular weight is 465 g/mol. The maximum atomic E-state index is 12.5. The number of benzene rings is 2. The Bertz CT molecular complexity index is 1020. The number of halogens is 1. The first-order valence-electron chi connectivity index (χ1n) is 10.2. The van der Waals surface area contributed by atoms with Gasteiger partial charge in [0.1, 0.15) is 42.9 Å². The number of fused-ring (bicyclic) bond motifs is 1. The zero-order chi connectivity index (χ0) is 23.0. The van der Waals surface area contributed by atoms with E-state index in [9.17, 15) is 25.2 Å². The van der Waals surface area contributed by atoms with Crippen LogP contribution in [-0.4, -0.2) is 70.5 Å². The second-order valence-electron chi connectivity index (χ2n) is 7.89. The molecular formula is C22H25ClN2O7. The average Bonchev–Trinajstić information content (AvgIpc) is 2.79. The molecule has 2 heterocycles. The summed E-state index contributed by atoms with van der Waals surface area (Å²) in [4.78, 5) is 12.5. The number of aliphatic hydroxyl groups is 4. The number of primary amides is 1. The van der Waals surface area contributed by atoms with Crippen molar-refractivity contribution in [2.24, 2.45) is 5.73 Å². The molecule has 1 saturated heterocycles. The van der Waals surface area contributed by atoms with E-state index in [0.717, 1.165) is 17.0 Å². The molecule has 4 rings (SSSR count). The summed E-state index contributed by atoms with van der Waals surface area (Å²) in [5, 5.41) is 43.8. The summed E-state index contributed by atoms with van der Waals surface area (Å²) in [5.74, 6) is -0.0508. The summed E-state index contributed by atoms with van der Waals surface area (Å²) in [6.07, 6.45) is -6.72. The van der Waals surface area contributed by atoms with Gasteiger partial charge in [-0.2, -0.15) is 0 Å². The fraction of sp³-hybridized carbons (Fsp3) is 0.409. The van der Waals surface area contributed by atoms with Crippen LogP contribution in [0.5, 0.6) is 5.75 Å². The molecule has 9 nitrogen and oxygen atoms in total. The van der Waals surface area contributed by atoms with Gasteiger partial charge in [-0.05, 0) is 41.3 Å². The van der Waals surface area contributed by atoms with E-state index in [1.165, 1.54) is 6.07 Å². The predicted molar refractivity (Wildman–Crippen MR) is 116 cm³/mol. The Morgan fingerprint density at radius 2 is 1.94 bits per heavy atom. The summed E-state index contributed by atoms with van der Waals surface area (Å²) in [6.45, 7) is 0.666. The second-order valence-corrected chi connectivity index (χ2v) is 8.29. The lowest BCUT2D eigenvalue weighted by Crippen LogP contribution is -2.55. The number of hydrogen-bond donors (Lipinski definition) is 6. The van der Waals surface area contributed by atoms with Crippen molar-refractivity contribution < 1.29 is 34.7 Å². The first kappa shape index (κ1) is 22.8. The van der Waals surface area contributed by atoms with Crippen molar-refractivity contribution in [3.63, 3.8) is 0 Å². The van der Waals surface area contributed by atoms with Gasteiger partial charge in [0.25, 0.3) is 0 Å². The molecule has 0 aromatic heterocycles. The number of rotatable bonds is 5. The van der Waals surface area contributed by atoms with E-state index in [-0.39, 0.29) is 17.5 Å². The highest BCUT2D eigenvalue weighted by Crippen LogP contribution is 2.38. The number of anilines is 1. The summed E-state index contributed by atoms with van der Waals surface area (Å²) >= 11 is 6.44. The Labute approximate surface area is 189 Å². The van der Waals surface area contributed by atoms with Gasteiger partial charge >= 0.3 is 0 Å². The molecule has 2 aliphatic rings. The summed E-state index contributed by atoms with van der Waals surface area (Å²) < 4.78 is 11.2. The van der Waals surface area contributed by atoms with E-state index in [2.05, 4.69) is 5.32 Å². The first-order valence-corrected chi connectivity index (χ1v) is 10.6. The molecule has 0 unspecified atom stereocenters. The highest BCUT2D eigenvalue weighted by atomic mass is 35.5. The van der Waals surface area contributed by atoms with Crippen LogP contribution in [0.3, 0.4) is 0 Å². The fourth-order valence-corrected chi connectivity index (χ4v) is 4.43. The van der Waals surface area contributed by atoms with Crippen LogP contribution in [-0.2, 0) is 11.2 Å². The van der Waals surface area contributed by atoms with Crippen molar-refractivity contribution in [2.75, 3.05) is 25.1 Å². The van der Waals surface area contributed by atoms with Crippen LogP contribution in [0.2, 0.25) is 5.02 Å². The molecular weight excluding hydrogens is 440 g/mol. The standard InChI is InChI=1S/C22H25ClN2O7/c23-13-3-2-11(21-20(29)19(28)18(27)16(9-26)32-21)17(22(24)30)12(13)7-10-1-4-15-14(8-10)25-5-6-31-15/h1-4,8,16,18-21,25-29H,5-7,9H2,(H2,24,30)/t16-,18-,19+,20+,21+/m1/s1. The van der Waals surface area contributed by atoms with Gasteiger partial charge in [-0.15, -0.1) is 0 Å². The largest absolute Gasteiger partial charge is 0.490 e. The Morgan fingerprint density at radius 3 is 2.66 bits per heavy atom. The maximum Gasteiger partial charge on any atom is 0.249 e. The topological polar surface area (TPSA) is 154 Å². The van der Waals surface area contributed by atoms with E-state index in [1.807, 2.05) is 18.2 Å². The number of hydrogen-bond acceptors (Lipinski definition) is 8. The molecule has 0 bridgehead atoms. The van der Waals surface area contributed by atoms with Gasteiger partial charge in [-0.25, -0.2) is 0 Å². The highest BCUT2D eigenvalue weighted by molar-refractivity contribution is 6.32. The normalized spacial score (nSPS) is 27.2. The molecule has 2 aromatic rings. The predicted octanol–water partition coefficient (Wildman–Crippen LogP) is 0.349. The molecule has 5 atom stereocenters. The minimum Gasteiger partial charge on any atom is -0.490 e. The molecule has 0 spiro atoms. The van der Waals surface area contributed by atoms with Gasteiger partial charge < -0.3 is 41.0 Å². The van der Waals surface area contributed by atoms with Crippen molar-refractivity contribution >= 4 is 23.2 Å². The van der Waals surface area contributed by atoms with Crippen LogP contribution in [0, 0.1) is 0 Å². The number of nitrogens with two attached hydrogens (primary N) is 1. The van der Waals surface area contributed by atoms with E-state index in [1.54, 1.807) is 6.07 Å². The molecule has 1 amide bonds. The molecule has 2 aromatic carbocycles. The van der Waals surface area contributed by atoms with Crippen LogP contribution >= 0.6 is 11.6 Å². The second kappa shape index (κ2) is 9.22. The lowest BCUT2D eigenvalue weighted by Gasteiger charge is -2.40. The van der Waals surface area contributed by atoms with Crippen LogP contribution in [0.25, 0.3) is 0 Å². The van der Waals surface area contributed by atoms with Crippen LogP contribution in [0.1, 0.15) is 33.2 Å². The smallest absolute Gasteiger partial charge is 0.249 e. The number of aliphatic hydroxyl groups excluding tert-OH is 4. The number of amides is 1. The quantitative estimate of drug-likeness (QED) is 0.370. The number of ether oxygens (including phenoxy) is 2. The minimum absolute atomic E-state index is 0.0590. The van der Waals surface area contributed by atoms with Gasteiger partial charge in [0.05, 0.1) is 17.9 Å². The van der Waals surface area contributed by atoms with Crippen LogP contribution in [0.4, 0.5) is 5.69 Å². The Kier molecular flexibility index (Phi) is 6.57. The van der Waals surface area contributed by atoms with E-state index in [0.29, 0.717) is 23.7 Å². The van der Waals surface area contributed by atoms with Gasteiger partial charge in [-0.3, -0.25) is 4.79 Å². The van der Waals surface area contributed by atoms with Crippen molar-refractivity contribution in [3.8, 4) is 5.75 Å². The van der Waals surface area contributed by atoms with E-state index in [4.69, 9.17) is 26.8 Å². The van der Waals surface area contributed by atoms with Crippen molar-refractivity contribution in [3.05, 3.63) is 57.6 Å². The Balaban J connectivity index is 1.74. The van der Waals surface area contributed by atoms with Gasteiger partial charge in [0.2, 0.25) is 5.91 Å². The first-order chi connectivity index (χ1) is 15.3. The molecule has 2 aliphatic heterocycles. The number of carbonyl (C=O) groups is 1. The summed E-state index contributed by atoms with van der Waals surface area (Å²) in [5.41, 5.74) is 8.09. The highest BCUT2D eigenvalue weighted by Gasteiger charge is 2.45. The maximum absolute atomic E-state index is 12.5. The molecule has 0 aliphatic carbocycles. The third-order valence-electron chi connectivity index (χ3n) is 5.83. The van der Waals surface area contributed by atoms with E-state index >= 15 is 0 Å². The van der Waals surface area contributed by atoms with Crippen LogP contribution < -0.4 is 15.8 Å². The third kappa shape index (κ3) is 4.15. The summed E-state index contributed by atoms with van der Waals surface area (Å²) in [7, 11) is 0. The minimum atomic E-state index is -1.59. The molecule has 0 saturated carbocycles. The molecule has 32 heavy (non-hydrogen) atoms. The zero-order valence-corrected chi connectivity index (χ0v) is 17.8. The lowest BCUT2D eigenvalue weighted by molar-refractivity contribution is -0.231. The molecule has 7 N–H and O–H groups in total. The molecule has 10 heteroatoms. The SMILES string of the molecule is NC(=O)c1c([C@@H]2O[C@H](CO)[C@@H](O)[C@H](O)[C@@H]2O)ccc(Cl)c1Cc1ccc2c(c1)NCCO2. The monoisotopic (exact) mass is 464 g/mol. The molecule has 0 radical (unpaired) electrons. The molecule has 172 valence electrons. The van der Waals surface area contributed by atoms with Crippen LogP contribution in [0.15, 0.2) is 30.3 Å². The van der Waals surface area contributed by atoms with Gasteiger partial charge in [0.15, 0.2) is 0 Å². The molecule has 1 fully saturated rings. The zero-order valence-electron chi connectivity index (χ0n) is 17.1. The fourth-order valence-electron chi connectivity index (χ4n) is 4.20. The van der Waals surface area contributed by atoms with Crippen molar-refractivity contribution in [1.29, 1.82) is 0 Å². The number of carbonyl (C=O) groups excluding carboxylic acids is 1. The third-order valence-corrected chi connectivity index (χ3v) is 6.19. The summed E-state index contributed by atoms with van der Waals surface area (Å²) in [6, 6.07) is 8.63. The Hall–Kier alpha value is -2.40. The van der Waals surface area contributed by atoms with Gasteiger partial charge in [0, 0.05) is 11.6 Å². The van der Waals surface area contributed by atoms with Gasteiger partial charge in [-0.1, -0.05) is 23.7 Å². The number of nitrogens with one attached hydrogen (secondary N) is 1.